The van der Waals surface area contributed by atoms with Crippen LogP contribution in [0, 0.1) is 5.41 Å². The van der Waals surface area contributed by atoms with Crippen molar-refractivity contribution in [3.05, 3.63) is 30.3 Å². The molecule has 1 aromatic carbocycles. The molecule has 4 heteroatoms. The molecule has 0 bridgehead atoms. The number of ketones is 1. The first-order chi connectivity index (χ1) is 9.06. The number of rotatable bonds is 2. The average Bonchev–Trinajstić information content (AvgIpc) is 2.99. The Kier molecular flexibility index (Phi) is 3.01. The predicted molar refractivity (Wildman–Crippen MR) is 72.6 cm³/mol. The van der Waals surface area contributed by atoms with E-state index >= 15 is 0 Å². The molecule has 2 aliphatic rings. The van der Waals surface area contributed by atoms with Crippen LogP contribution in [0.15, 0.2) is 35.2 Å². The molecule has 0 aromatic heterocycles. The van der Waals surface area contributed by atoms with E-state index in [9.17, 15) is 13.2 Å². The average molecular weight is 278 g/mol. The van der Waals surface area contributed by atoms with Crippen LogP contribution in [0.25, 0.3) is 0 Å². The fourth-order valence-electron chi connectivity index (χ4n) is 3.82. The summed E-state index contributed by atoms with van der Waals surface area (Å²) in [6, 6.07) is 8.43. The lowest BCUT2D eigenvalue weighted by Gasteiger charge is -2.29. The van der Waals surface area contributed by atoms with E-state index in [0.29, 0.717) is 11.3 Å². The molecule has 0 saturated heterocycles. The number of carbonyl (C=O) groups is 1. The Balaban J connectivity index is 2.07. The van der Waals surface area contributed by atoms with Gasteiger partial charge in [0.05, 0.1) is 4.90 Å². The van der Waals surface area contributed by atoms with Crippen molar-refractivity contribution in [3.8, 4) is 0 Å². The highest BCUT2D eigenvalue weighted by atomic mass is 32.2. The quantitative estimate of drug-likeness (QED) is 0.836. The Morgan fingerprint density at radius 1 is 1.00 bits per heavy atom. The van der Waals surface area contributed by atoms with E-state index in [-0.39, 0.29) is 11.2 Å². The predicted octanol–water partition coefficient (Wildman–Crippen LogP) is 2.75. The smallest absolute Gasteiger partial charge is 0.188 e. The summed E-state index contributed by atoms with van der Waals surface area (Å²) in [6.07, 6.45) is 5.05. The summed E-state index contributed by atoms with van der Waals surface area (Å²) in [5.74, 6) is -0.0780. The second-order valence-electron chi connectivity index (χ2n) is 5.77. The molecular formula is C15H18O3S. The third-order valence-corrected chi connectivity index (χ3v) is 7.01. The molecule has 0 N–H and O–H groups in total. The number of benzene rings is 1. The van der Waals surface area contributed by atoms with Crippen molar-refractivity contribution in [1.29, 1.82) is 0 Å². The lowest BCUT2D eigenvalue weighted by Crippen LogP contribution is -2.38. The summed E-state index contributed by atoms with van der Waals surface area (Å²) in [4.78, 5) is 12.5. The third kappa shape index (κ3) is 1.93. The molecule has 1 atom stereocenters. The summed E-state index contributed by atoms with van der Waals surface area (Å²) in [5, 5.41) is -0.801. The van der Waals surface area contributed by atoms with Crippen LogP contribution < -0.4 is 0 Å². The second kappa shape index (κ2) is 4.44. The lowest BCUT2D eigenvalue weighted by atomic mass is 9.84. The van der Waals surface area contributed by atoms with Gasteiger partial charge in [0.2, 0.25) is 0 Å². The number of hydrogen-bond acceptors (Lipinski definition) is 3. The number of hydrogen-bond donors (Lipinski definition) is 0. The Hall–Kier alpha value is -1.16. The van der Waals surface area contributed by atoms with Crippen LogP contribution in [0.2, 0.25) is 0 Å². The highest BCUT2D eigenvalue weighted by Crippen LogP contribution is 2.52. The molecule has 3 rings (SSSR count). The van der Waals surface area contributed by atoms with Crippen molar-refractivity contribution in [3.63, 3.8) is 0 Å². The standard InChI is InChI=1S/C15H18O3S/c16-13-8-11-15(9-4-5-10-15)14(13)19(17,18)12-6-2-1-3-7-12/h1-3,6-7,14H,4-5,8-11H2. The van der Waals surface area contributed by atoms with Crippen LogP contribution in [-0.4, -0.2) is 19.5 Å². The SMILES string of the molecule is O=C1CCC2(CCCC2)C1S(=O)(=O)c1ccccc1. The topological polar surface area (TPSA) is 51.2 Å². The van der Waals surface area contributed by atoms with Crippen molar-refractivity contribution in [1.82, 2.24) is 0 Å². The maximum absolute atomic E-state index is 12.8. The van der Waals surface area contributed by atoms with Gasteiger partial charge in [0.1, 0.15) is 5.25 Å². The van der Waals surface area contributed by atoms with Crippen LogP contribution >= 0.6 is 0 Å². The minimum atomic E-state index is -3.53. The van der Waals surface area contributed by atoms with Crippen molar-refractivity contribution < 1.29 is 13.2 Å². The van der Waals surface area contributed by atoms with Crippen molar-refractivity contribution in [2.24, 2.45) is 5.41 Å². The van der Waals surface area contributed by atoms with Gasteiger partial charge in [0.25, 0.3) is 0 Å². The second-order valence-corrected chi connectivity index (χ2v) is 7.81. The molecule has 1 aromatic rings. The Bertz CT molecular complexity index is 583. The van der Waals surface area contributed by atoms with E-state index in [1.165, 1.54) is 0 Å². The van der Waals surface area contributed by atoms with Gasteiger partial charge >= 0.3 is 0 Å². The first kappa shape index (κ1) is 12.9. The molecule has 0 aliphatic heterocycles. The Morgan fingerprint density at radius 2 is 1.63 bits per heavy atom. The highest BCUT2D eigenvalue weighted by Gasteiger charge is 2.55. The molecule has 3 nitrogen and oxygen atoms in total. The number of carbonyl (C=O) groups excluding carboxylic acids is 1. The molecule has 2 saturated carbocycles. The van der Waals surface area contributed by atoms with E-state index in [2.05, 4.69) is 0 Å². The van der Waals surface area contributed by atoms with E-state index in [4.69, 9.17) is 0 Å². The van der Waals surface area contributed by atoms with Crippen LogP contribution in [0.5, 0.6) is 0 Å². The number of Topliss-reactive ketones (excluding diaryl/α,β-unsaturated/α-hetero) is 1. The zero-order valence-corrected chi connectivity index (χ0v) is 11.7. The summed E-state index contributed by atoms with van der Waals surface area (Å²) in [5.41, 5.74) is -0.272. The maximum atomic E-state index is 12.8. The van der Waals surface area contributed by atoms with Crippen molar-refractivity contribution in [2.75, 3.05) is 0 Å². The van der Waals surface area contributed by atoms with Gasteiger partial charge in [0.15, 0.2) is 15.6 Å². The summed E-state index contributed by atoms with van der Waals surface area (Å²) in [6.45, 7) is 0. The molecule has 1 spiro atoms. The molecule has 0 amide bonds. The Morgan fingerprint density at radius 3 is 2.26 bits per heavy atom. The molecule has 102 valence electrons. The molecule has 19 heavy (non-hydrogen) atoms. The molecular weight excluding hydrogens is 260 g/mol. The van der Waals surface area contributed by atoms with Gasteiger partial charge in [-0.25, -0.2) is 8.42 Å². The monoisotopic (exact) mass is 278 g/mol. The molecule has 0 radical (unpaired) electrons. The van der Waals surface area contributed by atoms with Crippen LogP contribution in [0.4, 0.5) is 0 Å². The molecule has 0 heterocycles. The largest absolute Gasteiger partial charge is 0.298 e. The van der Waals surface area contributed by atoms with Crippen LogP contribution in [0.3, 0.4) is 0 Å². The van der Waals surface area contributed by atoms with Gasteiger partial charge < -0.3 is 0 Å². The summed E-state index contributed by atoms with van der Waals surface area (Å²) < 4.78 is 25.6. The van der Waals surface area contributed by atoms with Gasteiger partial charge in [-0.05, 0) is 36.8 Å². The molecule has 2 aliphatic carbocycles. The van der Waals surface area contributed by atoms with Gasteiger partial charge in [-0.15, -0.1) is 0 Å². The summed E-state index contributed by atoms with van der Waals surface area (Å²) >= 11 is 0. The molecule has 1 unspecified atom stereocenters. The van der Waals surface area contributed by atoms with Crippen molar-refractivity contribution in [2.45, 2.75) is 48.7 Å². The lowest BCUT2D eigenvalue weighted by molar-refractivity contribution is -0.117. The first-order valence-electron chi connectivity index (χ1n) is 6.88. The zero-order valence-electron chi connectivity index (χ0n) is 10.8. The van der Waals surface area contributed by atoms with Crippen molar-refractivity contribution >= 4 is 15.6 Å². The van der Waals surface area contributed by atoms with Gasteiger partial charge in [-0.1, -0.05) is 31.0 Å². The van der Waals surface area contributed by atoms with E-state index < -0.39 is 15.1 Å². The van der Waals surface area contributed by atoms with Gasteiger partial charge in [-0.3, -0.25) is 4.79 Å². The maximum Gasteiger partial charge on any atom is 0.188 e. The fraction of sp³-hybridized carbons (Fsp3) is 0.533. The fourth-order valence-corrected chi connectivity index (χ4v) is 6.10. The minimum Gasteiger partial charge on any atom is -0.298 e. The molecule has 2 fully saturated rings. The van der Waals surface area contributed by atoms with E-state index in [1.54, 1.807) is 30.3 Å². The van der Waals surface area contributed by atoms with Gasteiger partial charge in [0, 0.05) is 6.42 Å². The van der Waals surface area contributed by atoms with Crippen LogP contribution in [-0.2, 0) is 14.6 Å². The van der Waals surface area contributed by atoms with E-state index in [1.807, 2.05) is 0 Å². The van der Waals surface area contributed by atoms with Crippen LogP contribution in [0.1, 0.15) is 38.5 Å². The first-order valence-corrected chi connectivity index (χ1v) is 8.43. The normalized spacial score (nSPS) is 26.1. The summed E-state index contributed by atoms with van der Waals surface area (Å²) in [7, 11) is -3.53. The van der Waals surface area contributed by atoms with E-state index in [0.717, 1.165) is 32.1 Å². The highest BCUT2D eigenvalue weighted by molar-refractivity contribution is 7.92. The minimum absolute atomic E-state index is 0.0780. The third-order valence-electron chi connectivity index (χ3n) is 4.70. The zero-order chi connectivity index (χ0) is 13.5. The van der Waals surface area contributed by atoms with Gasteiger partial charge in [-0.2, -0.15) is 0 Å². The Labute approximate surface area is 113 Å². The number of sulfone groups is 1.